The molecule has 0 aromatic heterocycles. The number of rotatable bonds is 4. The highest BCUT2D eigenvalue weighted by atomic mass is 35.5. The number of benzene rings is 1. The van der Waals surface area contributed by atoms with Gasteiger partial charge in [0.2, 0.25) is 0 Å². The van der Waals surface area contributed by atoms with Crippen molar-refractivity contribution in [1.29, 1.82) is 0 Å². The van der Waals surface area contributed by atoms with Crippen molar-refractivity contribution in [1.82, 2.24) is 5.32 Å². The van der Waals surface area contributed by atoms with Crippen molar-refractivity contribution in [3.8, 4) is 0 Å². The Kier molecular flexibility index (Phi) is 4.94. The predicted octanol–water partition coefficient (Wildman–Crippen LogP) is 5.22. The highest BCUT2D eigenvalue weighted by Gasteiger charge is 2.23. The number of hydrogen-bond donors (Lipinski definition) is 1. The molecule has 1 unspecified atom stereocenters. The Morgan fingerprint density at radius 1 is 1.17 bits per heavy atom. The summed E-state index contributed by atoms with van der Waals surface area (Å²) >= 11 is 12.3. The van der Waals surface area contributed by atoms with Gasteiger partial charge in [0.25, 0.3) is 0 Å². The van der Waals surface area contributed by atoms with Gasteiger partial charge in [-0.25, -0.2) is 0 Å². The fourth-order valence-electron chi connectivity index (χ4n) is 2.92. The Bertz CT molecular complexity index is 399. The summed E-state index contributed by atoms with van der Waals surface area (Å²) in [7, 11) is 0. The molecule has 2 rings (SSSR count). The molecule has 0 bridgehead atoms. The Balaban J connectivity index is 2.02. The molecule has 0 saturated heterocycles. The average molecular weight is 286 g/mol. The number of halogens is 2. The van der Waals surface area contributed by atoms with E-state index in [0.29, 0.717) is 6.04 Å². The molecular formula is C15H21Cl2N. The van der Waals surface area contributed by atoms with Crippen molar-refractivity contribution in [2.45, 2.75) is 51.6 Å². The van der Waals surface area contributed by atoms with Gasteiger partial charge >= 0.3 is 0 Å². The minimum atomic E-state index is 0.242. The van der Waals surface area contributed by atoms with Crippen molar-refractivity contribution in [2.75, 3.05) is 0 Å². The third-order valence-corrected chi connectivity index (χ3v) is 4.62. The van der Waals surface area contributed by atoms with Gasteiger partial charge in [-0.3, -0.25) is 0 Å². The molecule has 1 aromatic carbocycles. The lowest BCUT2D eigenvalue weighted by atomic mass is 9.98. The van der Waals surface area contributed by atoms with Gasteiger partial charge in [-0.2, -0.15) is 0 Å². The molecule has 1 fully saturated rings. The highest BCUT2D eigenvalue weighted by molar-refractivity contribution is 6.33. The summed E-state index contributed by atoms with van der Waals surface area (Å²) in [6, 6.07) is 6.45. The third-order valence-electron chi connectivity index (χ3n) is 4.04. The van der Waals surface area contributed by atoms with E-state index in [4.69, 9.17) is 23.2 Å². The first-order valence-electron chi connectivity index (χ1n) is 6.79. The van der Waals surface area contributed by atoms with Gasteiger partial charge in [-0.15, -0.1) is 0 Å². The second-order valence-electron chi connectivity index (χ2n) is 5.39. The topological polar surface area (TPSA) is 12.0 Å². The monoisotopic (exact) mass is 285 g/mol. The van der Waals surface area contributed by atoms with E-state index in [1.165, 1.54) is 25.7 Å². The molecule has 1 N–H and O–H groups in total. The zero-order valence-corrected chi connectivity index (χ0v) is 12.6. The van der Waals surface area contributed by atoms with E-state index < -0.39 is 0 Å². The summed E-state index contributed by atoms with van der Waals surface area (Å²) in [5.41, 5.74) is 1.09. The maximum atomic E-state index is 6.24. The van der Waals surface area contributed by atoms with Crippen molar-refractivity contribution >= 4 is 23.2 Å². The smallest absolute Gasteiger partial charge is 0.0454 e. The SMILES string of the molecule is CC(N[C@@H](C)C1CCCC1)c1cc(Cl)ccc1Cl. The van der Waals surface area contributed by atoms with E-state index in [2.05, 4.69) is 19.2 Å². The Hall–Kier alpha value is -0.240. The first-order valence-corrected chi connectivity index (χ1v) is 7.54. The van der Waals surface area contributed by atoms with Gasteiger partial charge in [-0.05, 0) is 56.4 Å². The normalized spacial score (nSPS) is 20.0. The molecule has 0 aliphatic heterocycles. The molecule has 0 radical (unpaired) electrons. The summed E-state index contributed by atoms with van der Waals surface area (Å²) < 4.78 is 0. The molecule has 100 valence electrons. The zero-order chi connectivity index (χ0) is 13.1. The summed E-state index contributed by atoms with van der Waals surface area (Å²) in [6.07, 6.45) is 5.46. The molecule has 1 aliphatic carbocycles. The average Bonchev–Trinajstić information content (AvgIpc) is 2.85. The van der Waals surface area contributed by atoms with Crippen LogP contribution in [0.1, 0.15) is 51.1 Å². The molecule has 0 amide bonds. The van der Waals surface area contributed by atoms with Crippen LogP contribution < -0.4 is 5.32 Å². The van der Waals surface area contributed by atoms with E-state index in [0.717, 1.165) is 21.5 Å². The number of nitrogens with one attached hydrogen (secondary N) is 1. The molecule has 1 saturated carbocycles. The van der Waals surface area contributed by atoms with Crippen LogP contribution in [-0.4, -0.2) is 6.04 Å². The van der Waals surface area contributed by atoms with Crippen molar-refractivity contribution in [3.05, 3.63) is 33.8 Å². The molecule has 3 heteroatoms. The molecule has 1 aromatic rings. The van der Waals surface area contributed by atoms with Crippen LogP contribution in [0.15, 0.2) is 18.2 Å². The standard InChI is InChI=1S/C15H21Cl2N/c1-10(12-5-3-4-6-12)18-11(2)14-9-13(16)7-8-15(14)17/h7-12,18H,3-6H2,1-2H3/t10-,11?/m0/s1. The van der Waals surface area contributed by atoms with Crippen LogP contribution in [0, 0.1) is 5.92 Å². The summed E-state index contributed by atoms with van der Waals surface area (Å²) in [6.45, 7) is 4.44. The van der Waals surface area contributed by atoms with Crippen molar-refractivity contribution < 1.29 is 0 Å². The lowest BCUT2D eigenvalue weighted by molar-refractivity contribution is 0.352. The molecule has 2 atom stereocenters. The first-order chi connectivity index (χ1) is 8.58. The van der Waals surface area contributed by atoms with E-state index in [-0.39, 0.29) is 6.04 Å². The van der Waals surface area contributed by atoms with Crippen molar-refractivity contribution in [2.24, 2.45) is 5.92 Å². The van der Waals surface area contributed by atoms with Gasteiger partial charge in [0.05, 0.1) is 0 Å². The van der Waals surface area contributed by atoms with Crippen LogP contribution in [0.5, 0.6) is 0 Å². The second kappa shape index (κ2) is 6.27. The summed E-state index contributed by atoms with van der Waals surface area (Å²) in [5.74, 6) is 0.811. The van der Waals surface area contributed by atoms with Gasteiger partial charge < -0.3 is 5.32 Å². The Morgan fingerprint density at radius 3 is 2.50 bits per heavy atom. The van der Waals surface area contributed by atoms with E-state index in [9.17, 15) is 0 Å². The van der Waals surface area contributed by atoms with Crippen LogP contribution in [0.4, 0.5) is 0 Å². The van der Waals surface area contributed by atoms with Crippen LogP contribution in [0.3, 0.4) is 0 Å². The van der Waals surface area contributed by atoms with Gasteiger partial charge in [0, 0.05) is 22.1 Å². The second-order valence-corrected chi connectivity index (χ2v) is 6.23. The first kappa shape index (κ1) is 14.2. The molecule has 1 aliphatic rings. The lowest BCUT2D eigenvalue weighted by Crippen LogP contribution is -2.34. The van der Waals surface area contributed by atoms with Gasteiger partial charge in [-0.1, -0.05) is 36.0 Å². The fraction of sp³-hybridized carbons (Fsp3) is 0.600. The molecule has 18 heavy (non-hydrogen) atoms. The quantitative estimate of drug-likeness (QED) is 0.799. The highest BCUT2D eigenvalue weighted by Crippen LogP contribution is 2.31. The molecule has 0 spiro atoms. The lowest BCUT2D eigenvalue weighted by Gasteiger charge is -2.25. The summed E-state index contributed by atoms with van der Waals surface area (Å²) in [4.78, 5) is 0. The van der Waals surface area contributed by atoms with Crippen LogP contribution in [-0.2, 0) is 0 Å². The Labute approximate surface area is 120 Å². The van der Waals surface area contributed by atoms with Gasteiger partial charge in [0.1, 0.15) is 0 Å². The van der Waals surface area contributed by atoms with E-state index >= 15 is 0 Å². The van der Waals surface area contributed by atoms with Gasteiger partial charge in [0.15, 0.2) is 0 Å². The Morgan fingerprint density at radius 2 is 1.83 bits per heavy atom. The largest absolute Gasteiger partial charge is 0.307 e. The van der Waals surface area contributed by atoms with Crippen LogP contribution in [0.25, 0.3) is 0 Å². The molecular weight excluding hydrogens is 265 g/mol. The minimum Gasteiger partial charge on any atom is -0.307 e. The fourth-order valence-corrected chi connectivity index (χ4v) is 3.39. The number of hydrogen-bond acceptors (Lipinski definition) is 1. The third kappa shape index (κ3) is 3.40. The maximum Gasteiger partial charge on any atom is 0.0454 e. The van der Waals surface area contributed by atoms with Crippen LogP contribution in [0.2, 0.25) is 10.0 Å². The van der Waals surface area contributed by atoms with E-state index in [1.54, 1.807) is 0 Å². The zero-order valence-electron chi connectivity index (χ0n) is 11.0. The van der Waals surface area contributed by atoms with E-state index in [1.807, 2.05) is 18.2 Å². The maximum absolute atomic E-state index is 6.24. The summed E-state index contributed by atoms with van der Waals surface area (Å²) in [5, 5.41) is 5.20. The molecule has 1 nitrogen and oxygen atoms in total. The predicted molar refractivity (Wildman–Crippen MR) is 79.4 cm³/mol. The molecule has 0 heterocycles. The minimum absolute atomic E-state index is 0.242. The van der Waals surface area contributed by atoms with Crippen LogP contribution >= 0.6 is 23.2 Å². The van der Waals surface area contributed by atoms with Crippen molar-refractivity contribution in [3.63, 3.8) is 0 Å².